The molecule has 0 aromatic carbocycles. The SMILES string of the molecule is CCC(C)(C)CC(O)C(C)C(C)C. The largest absolute Gasteiger partial charge is 0.393 e. The minimum absolute atomic E-state index is 0.144. The Morgan fingerprint density at radius 3 is 1.92 bits per heavy atom. The zero-order chi connectivity index (χ0) is 10.6. The van der Waals surface area contributed by atoms with Crippen LogP contribution in [0, 0.1) is 17.3 Å². The molecular weight excluding hydrogens is 160 g/mol. The van der Waals surface area contributed by atoms with E-state index in [4.69, 9.17) is 0 Å². The van der Waals surface area contributed by atoms with E-state index >= 15 is 0 Å². The van der Waals surface area contributed by atoms with E-state index < -0.39 is 0 Å². The summed E-state index contributed by atoms with van der Waals surface area (Å²) >= 11 is 0. The summed E-state index contributed by atoms with van der Waals surface area (Å²) in [7, 11) is 0. The fourth-order valence-electron chi connectivity index (χ4n) is 1.34. The lowest BCUT2D eigenvalue weighted by Gasteiger charge is -2.30. The van der Waals surface area contributed by atoms with Crippen LogP contribution in [-0.4, -0.2) is 11.2 Å². The van der Waals surface area contributed by atoms with Gasteiger partial charge in [0.15, 0.2) is 0 Å². The van der Waals surface area contributed by atoms with Crippen molar-refractivity contribution in [2.45, 2.75) is 60.5 Å². The number of aliphatic hydroxyl groups excluding tert-OH is 1. The van der Waals surface area contributed by atoms with Crippen LogP contribution in [-0.2, 0) is 0 Å². The Morgan fingerprint density at radius 1 is 1.15 bits per heavy atom. The van der Waals surface area contributed by atoms with Crippen LogP contribution in [0.4, 0.5) is 0 Å². The Balaban J connectivity index is 4.06. The standard InChI is InChI=1S/C12H26O/c1-7-12(5,6)8-11(13)10(4)9(2)3/h9-11,13H,7-8H2,1-6H3. The Labute approximate surface area is 83.5 Å². The molecule has 0 fully saturated rings. The van der Waals surface area contributed by atoms with Crippen molar-refractivity contribution in [1.29, 1.82) is 0 Å². The van der Waals surface area contributed by atoms with Gasteiger partial charge in [-0.3, -0.25) is 0 Å². The van der Waals surface area contributed by atoms with Crippen LogP contribution in [0.25, 0.3) is 0 Å². The maximum atomic E-state index is 9.95. The van der Waals surface area contributed by atoms with Gasteiger partial charge in [-0.2, -0.15) is 0 Å². The van der Waals surface area contributed by atoms with Crippen LogP contribution < -0.4 is 0 Å². The van der Waals surface area contributed by atoms with E-state index in [-0.39, 0.29) is 11.5 Å². The summed E-state index contributed by atoms with van der Waals surface area (Å²) in [6.07, 6.45) is 1.91. The topological polar surface area (TPSA) is 20.2 Å². The Kier molecular flexibility index (Phi) is 4.98. The van der Waals surface area contributed by atoms with Crippen molar-refractivity contribution in [2.24, 2.45) is 17.3 Å². The first kappa shape index (κ1) is 13.0. The molecule has 0 aliphatic carbocycles. The van der Waals surface area contributed by atoms with E-state index in [0.29, 0.717) is 11.8 Å². The molecule has 2 unspecified atom stereocenters. The third-order valence-corrected chi connectivity index (χ3v) is 3.38. The van der Waals surface area contributed by atoms with Crippen LogP contribution in [0.5, 0.6) is 0 Å². The maximum Gasteiger partial charge on any atom is 0.0573 e. The van der Waals surface area contributed by atoms with Crippen molar-refractivity contribution < 1.29 is 5.11 Å². The van der Waals surface area contributed by atoms with E-state index in [1.807, 2.05) is 0 Å². The van der Waals surface area contributed by atoms with Crippen molar-refractivity contribution in [3.05, 3.63) is 0 Å². The molecule has 1 N–H and O–H groups in total. The van der Waals surface area contributed by atoms with Gasteiger partial charge in [-0.15, -0.1) is 0 Å². The first-order valence-corrected chi connectivity index (χ1v) is 5.48. The minimum Gasteiger partial charge on any atom is -0.393 e. The highest BCUT2D eigenvalue weighted by atomic mass is 16.3. The zero-order valence-electron chi connectivity index (χ0n) is 10.1. The zero-order valence-corrected chi connectivity index (χ0v) is 10.1. The van der Waals surface area contributed by atoms with E-state index in [1.54, 1.807) is 0 Å². The normalized spacial score (nSPS) is 17.5. The second kappa shape index (κ2) is 4.99. The van der Waals surface area contributed by atoms with E-state index in [0.717, 1.165) is 12.8 Å². The monoisotopic (exact) mass is 186 g/mol. The average Bonchev–Trinajstić information content (AvgIpc) is 2.02. The van der Waals surface area contributed by atoms with Crippen LogP contribution in [0.3, 0.4) is 0 Å². The summed E-state index contributed by atoms with van der Waals surface area (Å²) in [5.74, 6) is 0.980. The van der Waals surface area contributed by atoms with Gasteiger partial charge in [0, 0.05) is 0 Å². The highest BCUT2D eigenvalue weighted by Gasteiger charge is 2.25. The summed E-state index contributed by atoms with van der Waals surface area (Å²) in [5.41, 5.74) is 0.280. The number of hydrogen-bond acceptors (Lipinski definition) is 1. The van der Waals surface area contributed by atoms with E-state index in [2.05, 4.69) is 41.5 Å². The molecule has 0 aliphatic rings. The highest BCUT2D eigenvalue weighted by molar-refractivity contribution is 4.76. The summed E-state index contributed by atoms with van der Waals surface area (Å²) in [4.78, 5) is 0. The molecule has 2 atom stereocenters. The molecule has 80 valence electrons. The molecule has 0 amide bonds. The molecule has 1 heteroatoms. The van der Waals surface area contributed by atoms with Crippen molar-refractivity contribution in [1.82, 2.24) is 0 Å². The fourth-order valence-corrected chi connectivity index (χ4v) is 1.34. The quantitative estimate of drug-likeness (QED) is 0.697. The van der Waals surface area contributed by atoms with Gasteiger partial charge in [-0.25, -0.2) is 0 Å². The van der Waals surface area contributed by atoms with Crippen molar-refractivity contribution >= 4 is 0 Å². The lowest BCUT2D eigenvalue weighted by Crippen LogP contribution is -2.28. The summed E-state index contributed by atoms with van der Waals surface area (Å²) in [6, 6.07) is 0. The van der Waals surface area contributed by atoms with Crippen molar-refractivity contribution in [3.63, 3.8) is 0 Å². The van der Waals surface area contributed by atoms with Gasteiger partial charge in [0.05, 0.1) is 6.10 Å². The van der Waals surface area contributed by atoms with E-state index in [9.17, 15) is 5.11 Å². The molecular formula is C12H26O. The van der Waals surface area contributed by atoms with Crippen LogP contribution in [0.2, 0.25) is 0 Å². The van der Waals surface area contributed by atoms with Gasteiger partial charge >= 0.3 is 0 Å². The predicted octanol–water partition coefficient (Wildman–Crippen LogP) is 3.47. The van der Waals surface area contributed by atoms with Crippen molar-refractivity contribution in [3.8, 4) is 0 Å². The maximum absolute atomic E-state index is 9.95. The van der Waals surface area contributed by atoms with Gasteiger partial charge in [0.25, 0.3) is 0 Å². The molecule has 0 bridgehead atoms. The second-order valence-corrected chi connectivity index (χ2v) is 5.39. The predicted molar refractivity (Wildman–Crippen MR) is 58.7 cm³/mol. The molecule has 0 heterocycles. The number of rotatable bonds is 5. The summed E-state index contributed by atoms with van der Waals surface area (Å²) < 4.78 is 0. The van der Waals surface area contributed by atoms with Crippen LogP contribution in [0.1, 0.15) is 54.4 Å². The lowest BCUT2D eigenvalue weighted by atomic mass is 9.79. The van der Waals surface area contributed by atoms with Gasteiger partial charge in [0.2, 0.25) is 0 Å². The molecule has 0 spiro atoms. The Bertz CT molecular complexity index is 138. The first-order chi connectivity index (χ1) is 5.80. The average molecular weight is 186 g/mol. The number of aliphatic hydroxyl groups is 1. The van der Waals surface area contributed by atoms with E-state index in [1.165, 1.54) is 0 Å². The molecule has 0 radical (unpaired) electrons. The number of hydrogen-bond donors (Lipinski definition) is 1. The van der Waals surface area contributed by atoms with Gasteiger partial charge < -0.3 is 5.11 Å². The first-order valence-electron chi connectivity index (χ1n) is 5.48. The molecule has 0 saturated carbocycles. The molecule has 13 heavy (non-hydrogen) atoms. The van der Waals surface area contributed by atoms with Crippen LogP contribution in [0.15, 0.2) is 0 Å². The van der Waals surface area contributed by atoms with Gasteiger partial charge in [-0.05, 0) is 23.7 Å². The Hall–Kier alpha value is -0.0400. The fraction of sp³-hybridized carbons (Fsp3) is 1.00. The Morgan fingerprint density at radius 2 is 1.62 bits per heavy atom. The molecule has 0 rings (SSSR count). The van der Waals surface area contributed by atoms with Crippen molar-refractivity contribution in [2.75, 3.05) is 0 Å². The molecule has 0 aromatic rings. The molecule has 0 aromatic heterocycles. The molecule has 0 aliphatic heterocycles. The smallest absolute Gasteiger partial charge is 0.0573 e. The summed E-state index contributed by atoms with van der Waals surface area (Å²) in [5, 5.41) is 9.95. The van der Waals surface area contributed by atoms with Gasteiger partial charge in [0.1, 0.15) is 0 Å². The molecule has 1 nitrogen and oxygen atoms in total. The minimum atomic E-state index is -0.144. The third-order valence-electron chi connectivity index (χ3n) is 3.38. The second-order valence-electron chi connectivity index (χ2n) is 5.39. The third kappa shape index (κ3) is 4.66. The van der Waals surface area contributed by atoms with Crippen LogP contribution >= 0.6 is 0 Å². The lowest BCUT2D eigenvalue weighted by molar-refractivity contribution is 0.0482. The summed E-state index contributed by atoms with van der Waals surface area (Å²) in [6.45, 7) is 13.1. The highest BCUT2D eigenvalue weighted by Crippen LogP contribution is 2.30. The van der Waals surface area contributed by atoms with Gasteiger partial charge in [-0.1, -0.05) is 48.0 Å². The molecule has 0 saturated heterocycles.